The molecule has 29 valence electrons. The van der Waals surface area contributed by atoms with Crippen molar-refractivity contribution < 1.29 is 68.3 Å². The summed E-state index contributed by atoms with van der Waals surface area (Å²) < 4.78 is 0. The van der Waals surface area contributed by atoms with E-state index in [0.29, 0.717) is 0 Å². The van der Waals surface area contributed by atoms with Gasteiger partial charge in [0.15, 0.2) is 0 Å². The molecule has 0 aliphatic rings. The summed E-state index contributed by atoms with van der Waals surface area (Å²) in [7, 11) is 0. The van der Waals surface area contributed by atoms with Crippen LogP contribution in [0.1, 0.15) is 0 Å². The largest absolute Gasteiger partial charge is 0 e. The molecule has 0 nitrogen and oxygen atoms in total. The fourth-order valence-electron chi connectivity index (χ4n) is 0. The average Bonchev–Trinajstić information content (AvgIpc) is 0. The zero-order valence-corrected chi connectivity index (χ0v) is 10.4. The van der Waals surface area contributed by atoms with Gasteiger partial charge >= 0.3 is 0 Å². The number of rotatable bonds is 0. The molecule has 0 unspecified atom stereocenters. The summed E-state index contributed by atoms with van der Waals surface area (Å²) in [6.45, 7) is 0. The van der Waals surface area contributed by atoms with Crippen LogP contribution in [-0.4, -0.2) is 51.4 Å². The van der Waals surface area contributed by atoms with Gasteiger partial charge in [0.1, 0.15) is 0 Å². The summed E-state index contributed by atoms with van der Waals surface area (Å²) in [4.78, 5) is 0. The first kappa shape index (κ1) is 37.6. The van der Waals surface area contributed by atoms with Gasteiger partial charge in [-0.25, -0.2) is 0 Å². The van der Waals surface area contributed by atoms with Gasteiger partial charge in [-0.15, -0.1) is 0 Å². The molecule has 0 aromatic rings. The quantitative estimate of drug-likeness (QED) is 0.520. The van der Waals surface area contributed by atoms with Gasteiger partial charge < -0.3 is 0 Å². The smallest absolute Gasteiger partial charge is 0 e. The molecule has 0 aliphatic heterocycles. The van der Waals surface area contributed by atoms with Crippen LogP contribution in [0.3, 0.4) is 0 Å². The van der Waals surface area contributed by atoms with Crippen molar-refractivity contribution in [2.45, 2.75) is 0 Å². The fraction of sp³-hybridized carbons (Fsp3) is 0. The van der Waals surface area contributed by atoms with Crippen LogP contribution in [0.25, 0.3) is 0 Å². The summed E-state index contributed by atoms with van der Waals surface area (Å²) in [6, 6.07) is 0. The van der Waals surface area contributed by atoms with Crippen molar-refractivity contribution in [1.82, 2.24) is 0 Å². The van der Waals surface area contributed by atoms with Crippen molar-refractivity contribution in [3.63, 3.8) is 0 Å². The second kappa shape index (κ2) is 25.2. The molecule has 0 bridgehead atoms. The van der Waals surface area contributed by atoms with E-state index in [0.717, 1.165) is 0 Å². The molecule has 0 amide bonds. The topological polar surface area (TPSA) is 0 Å². The molecule has 0 aliphatic carbocycles. The Balaban J connectivity index is 0. The molecule has 0 rings (SSSR count). The van der Waals surface area contributed by atoms with Gasteiger partial charge in [0, 0.05) is 120 Å². The molecule has 5 heteroatoms. The molecule has 0 spiro atoms. The first-order chi connectivity index (χ1) is 0. The first-order valence-corrected chi connectivity index (χ1v) is 0. The van der Waals surface area contributed by atoms with E-state index < -0.39 is 0 Å². The fourth-order valence-corrected chi connectivity index (χ4v) is 0. The molecule has 0 aromatic heterocycles. The van der Waals surface area contributed by atoms with E-state index in [1.165, 1.54) is 0 Å². The van der Waals surface area contributed by atoms with Gasteiger partial charge in [-0.1, -0.05) is 0 Å². The summed E-state index contributed by atoms with van der Waals surface area (Å²) in [6.07, 6.45) is 0. The van der Waals surface area contributed by atoms with Crippen LogP contribution in [0.4, 0.5) is 0 Å². The third kappa shape index (κ3) is 18.3. The van der Waals surface area contributed by atoms with Gasteiger partial charge in [-0.3, -0.25) is 0 Å². The van der Waals surface area contributed by atoms with Crippen molar-refractivity contribution in [2.75, 3.05) is 0 Å². The van der Waals surface area contributed by atoms with Crippen molar-refractivity contribution in [2.24, 2.45) is 0 Å². The SMILES string of the molecule is [K].[Mn].[Mn].[Mn].[Mn]. The van der Waals surface area contributed by atoms with Gasteiger partial charge in [-0.05, 0) is 0 Å². The van der Waals surface area contributed by atoms with Gasteiger partial charge in [0.05, 0.1) is 0 Å². The summed E-state index contributed by atoms with van der Waals surface area (Å²) in [5, 5.41) is 0. The Morgan fingerprint density at radius 1 is 0.400 bits per heavy atom. The van der Waals surface area contributed by atoms with E-state index in [9.17, 15) is 0 Å². The molecule has 5 radical (unpaired) electrons. The molecular formula is KMn4. The Bertz CT molecular complexity index is 3.61. The Morgan fingerprint density at radius 3 is 0.400 bits per heavy atom. The maximum atomic E-state index is 0. The maximum absolute atomic E-state index is 0. The molecule has 0 N–H and O–H groups in total. The van der Waals surface area contributed by atoms with Gasteiger partial charge in [0.2, 0.25) is 0 Å². The Hall–Kier alpha value is 3.71. The minimum absolute atomic E-state index is 0. The minimum atomic E-state index is 0. The van der Waals surface area contributed by atoms with E-state index in [-0.39, 0.29) is 120 Å². The minimum Gasteiger partial charge on any atom is 0 e. The van der Waals surface area contributed by atoms with Crippen LogP contribution in [0.5, 0.6) is 0 Å². The van der Waals surface area contributed by atoms with Crippen LogP contribution < -0.4 is 0 Å². The third-order valence-corrected chi connectivity index (χ3v) is 0. The first-order valence-electron chi connectivity index (χ1n) is 0. The normalized spacial score (nSPS) is 0. The van der Waals surface area contributed by atoms with Crippen LogP contribution in [0.15, 0.2) is 0 Å². The molecule has 0 aromatic carbocycles. The molecule has 0 fully saturated rings. The standard InChI is InChI=1S/K.4Mn. The van der Waals surface area contributed by atoms with Crippen molar-refractivity contribution in [1.29, 1.82) is 0 Å². The summed E-state index contributed by atoms with van der Waals surface area (Å²) in [5.41, 5.74) is 0. The summed E-state index contributed by atoms with van der Waals surface area (Å²) >= 11 is 0. The predicted octanol–water partition coefficient (Wildman–Crippen LogP) is -0.391. The third-order valence-electron chi connectivity index (χ3n) is 0. The molecule has 0 heterocycles. The summed E-state index contributed by atoms with van der Waals surface area (Å²) in [5.74, 6) is 0. The van der Waals surface area contributed by atoms with Crippen LogP contribution in [0, 0.1) is 0 Å². The predicted molar refractivity (Wildman–Crippen MR) is 5.75 cm³/mol. The molecule has 0 saturated carbocycles. The molecule has 5 heavy (non-hydrogen) atoms. The second-order valence-electron chi connectivity index (χ2n) is 0. The maximum Gasteiger partial charge on any atom is 0 e. The Labute approximate surface area is 117 Å². The van der Waals surface area contributed by atoms with Crippen molar-refractivity contribution >= 4 is 51.4 Å². The monoisotopic (exact) mass is 259 g/mol. The second-order valence-corrected chi connectivity index (χ2v) is 0. The van der Waals surface area contributed by atoms with E-state index in [1.807, 2.05) is 0 Å². The van der Waals surface area contributed by atoms with E-state index in [2.05, 4.69) is 0 Å². The van der Waals surface area contributed by atoms with Crippen molar-refractivity contribution in [3.05, 3.63) is 0 Å². The molecular weight excluding hydrogens is 259 g/mol. The Kier molecular flexibility index (Phi) is 190. The van der Waals surface area contributed by atoms with E-state index >= 15 is 0 Å². The number of hydrogen-bond donors (Lipinski definition) is 0. The van der Waals surface area contributed by atoms with Crippen LogP contribution in [-0.2, 0) is 68.3 Å². The van der Waals surface area contributed by atoms with Crippen LogP contribution in [0.2, 0.25) is 0 Å². The van der Waals surface area contributed by atoms with Crippen molar-refractivity contribution in [3.8, 4) is 0 Å². The Morgan fingerprint density at radius 2 is 0.400 bits per heavy atom. The number of hydrogen-bond acceptors (Lipinski definition) is 0. The molecule has 0 atom stereocenters. The van der Waals surface area contributed by atoms with Gasteiger partial charge in [-0.2, -0.15) is 0 Å². The van der Waals surface area contributed by atoms with Crippen LogP contribution >= 0.6 is 0 Å². The van der Waals surface area contributed by atoms with Gasteiger partial charge in [0.25, 0.3) is 0 Å². The molecule has 0 saturated heterocycles. The zero-order chi connectivity index (χ0) is 0. The zero-order valence-electron chi connectivity index (χ0n) is 2.51. The van der Waals surface area contributed by atoms with E-state index in [1.54, 1.807) is 0 Å². The average molecular weight is 259 g/mol. The van der Waals surface area contributed by atoms with E-state index in [4.69, 9.17) is 0 Å².